The Hall–Kier alpha value is 0.0431. The molecule has 0 aliphatic heterocycles. The second-order valence-electron chi connectivity index (χ2n) is 4.97. The topological polar surface area (TPSA) is 64.3 Å². The number of hydrogen-bond donors (Lipinski definition) is 2. The predicted octanol–water partition coefficient (Wildman–Crippen LogP) is 5.61. The first-order valence-electron chi connectivity index (χ1n) is 6.82. The van der Waals surface area contributed by atoms with Gasteiger partial charge in [0, 0.05) is 7.11 Å². The van der Waals surface area contributed by atoms with Crippen molar-refractivity contribution in [3.8, 4) is 0 Å². The smallest absolute Gasteiger partial charge is 0.0809 e. The number of hydrogen-bond acceptors (Lipinski definition) is 2. The molecular weight excluding hydrogens is 424 g/mol. The molecule has 0 fully saturated rings. The molecule has 0 heterocycles. The van der Waals surface area contributed by atoms with Crippen molar-refractivity contribution in [3.63, 3.8) is 0 Å². The molecule has 2 aromatic rings. The number of nitrogens with one attached hydrogen (secondary N) is 1. The van der Waals surface area contributed by atoms with Crippen LogP contribution in [0.1, 0.15) is 20.8 Å². The molecule has 0 radical (unpaired) electrons. The fraction of sp³-hybridized carbons (Fsp3) is 0.333. The van der Waals surface area contributed by atoms with Crippen LogP contribution in [0.15, 0.2) is 42.5 Å². The van der Waals surface area contributed by atoms with Gasteiger partial charge in [-0.3, -0.25) is 0 Å². The van der Waals surface area contributed by atoms with Crippen LogP contribution in [0.25, 0.3) is 16.5 Å². The molecule has 2 rings (SSSR count). The van der Waals surface area contributed by atoms with E-state index in [9.17, 15) is 0 Å². The van der Waals surface area contributed by atoms with Gasteiger partial charge in [0.15, 0.2) is 0 Å². The molecule has 0 saturated heterocycles. The third-order valence-electron chi connectivity index (χ3n) is 1.55. The molecule has 3 N–H and O–H groups in total. The van der Waals surface area contributed by atoms with Gasteiger partial charge in [0.2, 0.25) is 0 Å². The van der Waals surface area contributed by atoms with Gasteiger partial charge in [-0.25, -0.2) is 0 Å². The Morgan fingerprint density at radius 1 is 1.21 bits per heavy atom. The van der Waals surface area contributed by atoms with Crippen molar-refractivity contribution < 1.29 is 29.1 Å². The van der Waals surface area contributed by atoms with Crippen LogP contribution in [-0.4, -0.2) is 33.7 Å². The number of benzene rings is 1. The maximum atomic E-state index is 7.46. The van der Waals surface area contributed by atoms with Gasteiger partial charge in [-0.05, 0) is 0 Å². The molecule has 2 aromatic carbocycles. The van der Waals surface area contributed by atoms with Gasteiger partial charge < -0.3 is 30.3 Å². The number of fused-ring (bicyclic) bond motifs is 1. The maximum absolute atomic E-state index is 7.46. The summed E-state index contributed by atoms with van der Waals surface area (Å²) in [6, 6.07) is 14.7. The van der Waals surface area contributed by atoms with E-state index in [-0.39, 0.29) is 19.6 Å². The van der Waals surface area contributed by atoms with Crippen molar-refractivity contribution in [2.75, 3.05) is 13.7 Å². The summed E-state index contributed by atoms with van der Waals surface area (Å²) >= 11 is -1.85. The normalized spacial score (nSPS) is 8.42. The number of aliphatic hydroxyl groups excluding tert-OH is 2. The summed E-state index contributed by atoms with van der Waals surface area (Å²) in [5.74, 6) is 0. The Morgan fingerprint density at radius 2 is 1.54 bits per heavy atom. The van der Waals surface area contributed by atoms with Crippen LogP contribution >= 0.6 is 17.0 Å². The standard InChI is InChI=1S/C9H7.C4H10N.C2H5O.CH4O.CH3.CH2.2ClH.Zr/c1-2-5-9-7-3-6-8(9)4-1;1-4(2,3)5;1-2-3;1-2;;;;;/h1-7H;5H,1-3H3;3H,1-2H2;2H,1H3;1H3;1H2;2*1H;/q3*-1;;-1;;;;+2/p-2. The SMILES string of the molecule is CC(C)(C)[NH-].CO.[CH2-]CO.[CH2]=[Zr]([Cl])[Cl].[CH3-].c1ccc2[cH-]ccc2c1. The maximum Gasteiger partial charge on any atom is -0.0809 e. The summed E-state index contributed by atoms with van der Waals surface area (Å²) < 4.78 is 3.37. The molecule has 0 atom stereocenters. The Labute approximate surface area is 163 Å². The minimum absolute atomic E-state index is 0. The van der Waals surface area contributed by atoms with Gasteiger partial charge >= 0.3 is 40.1 Å². The van der Waals surface area contributed by atoms with Crippen LogP contribution in [0.2, 0.25) is 0 Å². The summed E-state index contributed by atoms with van der Waals surface area (Å²) in [6.45, 7) is 8.60. The van der Waals surface area contributed by atoms with Crippen LogP contribution in [0.3, 0.4) is 0 Å². The van der Waals surface area contributed by atoms with E-state index >= 15 is 0 Å². The Balaban J connectivity index is -0.000000117. The molecule has 142 valence electrons. The number of aliphatic hydroxyl groups is 2. The molecule has 24 heavy (non-hydrogen) atoms. The quantitative estimate of drug-likeness (QED) is 0.507. The van der Waals surface area contributed by atoms with Gasteiger partial charge in [-0.1, -0.05) is 33.4 Å². The molecule has 0 saturated carbocycles. The van der Waals surface area contributed by atoms with Gasteiger partial charge in [0.05, 0.1) is 0 Å². The van der Waals surface area contributed by atoms with Crippen molar-refractivity contribution in [2.24, 2.45) is 0 Å². The summed E-state index contributed by atoms with van der Waals surface area (Å²) in [6.07, 6.45) is 0. The predicted molar refractivity (Wildman–Crippen MR) is 109 cm³/mol. The van der Waals surface area contributed by atoms with E-state index in [0.717, 1.165) is 7.11 Å². The van der Waals surface area contributed by atoms with Crippen LogP contribution in [0.4, 0.5) is 0 Å². The first-order valence-corrected chi connectivity index (χ1v) is 14.9. The minimum Gasteiger partial charge on any atom is -0.358 e. The van der Waals surface area contributed by atoms with E-state index < -0.39 is 18.9 Å². The molecule has 6 heteroatoms. The Kier molecular flexibility index (Phi) is 27.9. The van der Waals surface area contributed by atoms with Crippen molar-refractivity contribution in [2.45, 2.75) is 26.3 Å². The van der Waals surface area contributed by atoms with Gasteiger partial charge in [-0.2, -0.15) is 17.5 Å². The van der Waals surface area contributed by atoms with Gasteiger partial charge in [0.1, 0.15) is 0 Å². The summed E-state index contributed by atoms with van der Waals surface area (Å²) in [5.41, 5.74) is 6.69. The van der Waals surface area contributed by atoms with Crippen molar-refractivity contribution in [3.05, 3.63) is 62.5 Å². The summed E-state index contributed by atoms with van der Waals surface area (Å²) in [5, 5.41) is 17.1. The summed E-state index contributed by atoms with van der Waals surface area (Å²) in [7, 11) is 11.3. The zero-order chi connectivity index (χ0) is 18.9. The van der Waals surface area contributed by atoms with Crippen molar-refractivity contribution in [1.29, 1.82) is 0 Å². The van der Waals surface area contributed by atoms with E-state index in [0.29, 0.717) is 0 Å². The molecule has 0 bridgehead atoms. The van der Waals surface area contributed by atoms with Gasteiger partial charge in [0.25, 0.3) is 0 Å². The monoisotopic (exact) mass is 453 g/mol. The first-order chi connectivity index (χ1) is 10.6. The molecule has 0 unspecified atom stereocenters. The average molecular weight is 456 g/mol. The van der Waals surface area contributed by atoms with E-state index in [4.69, 9.17) is 33.0 Å². The number of rotatable bonds is 0. The van der Waals surface area contributed by atoms with E-state index in [1.165, 1.54) is 10.8 Å². The molecule has 0 amide bonds. The molecular formula is C18H31Cl2NO2Zr-4. The van der Waals surface area contributed by atoms with Crippen LogP contribution in [0, 0.1) is 14.4 Å². The zero-order valence-electron chi connectivity index (χ0n) is 15.3. The van der Waals surface area contributed by atoms with E-state index in [1.54, 1.807) is 0 Å². The van der Waals surface area contributed by atoms with Crippen LogP contribution < -0.4 is 0 Å². The van der Waals surface area contributed by atoms with Crippen LogP contribution in [0.5, 0.6) is 0 Å². The molecule has 0 aromatic heterocycles. The third-order valence-corrected chi connectivity index (χ3v) is 1.55. The second-order valence-corrected chi connectivity index (χ2v) is 13.2. The van der Waals surface area contributed by atoms with E-state index in [1.807, 2.05) is 20.8 Å². The first kappa shape index (κ1) is 31.8. The molecule has 3 nitrogen and oxygen atoms in total. The average Bonchev–Trinajstić information content (AvgIpc) is 2.87. The fourth-order valence-corrected chi connectivity index (χ4v) is 1.07. The fourth-order valence-electron chi connectivity index (χ4n) is 1.07. The third kappa shape index (κ3) is 33.6. The summed E-state index contributed by atoms with van der Waals surface area (Å²) in [4.78, 5) is 0. The van der Waals surface area contributed by atoms with Gasteiger partial charge in [-0.15, -0.1) is 35.2 Å². The number of halogens is 2. The Morgan fingerprint density at radius 3 is 1.88 bits per heavy atom. The van der Waals surface area contributed by atoms with Crippen molar-refractivity contribution >= 4 is 32.0 Å². The molecule has 0 aliphatic rings. The second kappa shape index (κ2) is 21.1. The Bertz CT molecular complexity index is 457. The van der Waals surface area contributed by atoms with E-state index in [2.05, 4.69) is 53.6 Å². The largest absolute Gasteiger partial charge is 0.358 e. The van der Waals surface area contributed by atoms with Crippen LogP contribution in [-0.2, 0) is 18.9 Å². The zero-order valence-corrected chi connectivity index (χ0v) is 19.3. The minimum atomic E-state index is -1.85. The molecule has 0 aliphatic carbocycles. The van der Waals surface area contributed by atoms with Crippen molar-refractivity contribution in [1.82, 2.24) is 0 Å². The molecule has 0 spiro atoms.